The highest BCUT2D eigenvalue weighted by atomic mass is 32.2. The van der Waals surface area contributed by atoms with E-state index in [-0.39, 0.29) is 4.75 Å². The summed E-state index contributed by atoms with van der Waals surface area (Å²) in [5.74, 6) is 0.482. The van der Waals surface area contributed by atoms with Crippen molar-refractivity contribution in [1.82, 2.24) is 0 Å². The molecule has 1 saturated heterocycles. The molecule has 0 saturated carbocycles. The first-order valence-electron chi connectivity index (χ1n) is 6.90. The smallest absolute Gasteiger partial charge is 0.193 e. The first-order chi connectivity index (χ1) is 9.63. The lowest BCUT2D eigenvalue weighted by Crippen LogP contribution is -2.37. The number of thioether (sulfide) groups is 1. The third-order valence-electron chi connectivity index (χ3n) is 3.67. The fraction of sp³-hybridized carbons (Fsp3) is 0.533. The van der Waals surface area contributed by atoms with Gasteiger partial charge in [-0.05, 0) is 43.7 Å². The Morgan fingerprint density at radius 1 is 1.45 bits per heavy atom. The third kappa shape index (κ3) is 4.15. The molecule has 110 valence electrons. The Morgan fingerprint density at radius 3 is 2.85 bits per heavy atom. The predicted molar refractivity (Wildman–Crippen MR) is 87.6 cm³/mol. The highest BCUT2D eigenvalue weighted by Gasteiger charge is 2.31. The SMILES string of the molecule is CSC1(CN=C(N)Nc2cccc(C)c2)CCOCC1. The van der Waals surface area contributed by atoms with Gasteiger partial charge in [0.1, 0.15) is 0 Å². The van der Waals surface area contributed by atoms with Gasteiger partial charge in [0.15, 0.2) is 5.96 Å². The molecule has 0 atom stereocenters. The summed E-state index contributed by atoms with van der Waals surface area (Å²) >= 11 is 1.87. The molecule has 0 radical (unpaired) electrons. The van der Waals surface area contributed by atoms with Crippen LogP contribution >= 0.6 is 11.8 Å². The number of hydrogen-bond donors (Lipinski definition) is 2. The molecular weight excluding hydrogens is 270 g/mol. The van der Waals surface area contributed by atoms with Crippen LogP contribution in [0.4, 0.5) is 5.69 Å². The fourth-order valence-electron chi connectivity index (χ4n) is 2.31. The molecule has 3 N–H and O–H groups in total. The number of guanidine groups is 1. The second-order valence-corrected chi connectivity index (χ2v) is 6.47. The van der Waals surface area contributed by atoms with Crippen molar-refractivity contribution in [1.29, 1.82) is 0 Å². The molecule has 5 heteroatoms. The number of anilines is 1. The molecule has 0 aromatic heterocycles. The fourth-order valence-corrected chi connectivity index (χ4v) is 3.08. The van der Waals surface area contributed by atoms with Gasteiger partial charge in [-0.2, -0.15) is 11.8 Å². The van der Waals surface area contributed by atoms with E-state index in [1.807, 2.05) is 23.9 Å². The largest absolute Gasteiger partial charge is 0.381 e. The molecule has 0 amide bonds. The van der Waals surface area contributed by atoms with Crippen LogP contribution in [-0.4, -0.2) is 36.7 Å². The Kier molecular flexibility index (Phi) is 5.31. The van der Waals surface area contributed by atoms with Gasteiger partial charge in [0, 0.05) is 23.6 Å². The lowest BCUT2D eigenvalue weighted by atomic mass is 9.99. The van der Waals surface area contributed by atoms with Crippen LogP contribution in [0.5, 0.6) is 0 Å². The van der Waals surface area contributed by atoms with E-state index in [0.29, 0.717) is 5.96 Å². The summed E-state index contributed by atoms with van der Waals surface area (Å²) in [6, 6.07) is 8.12. The van der Waals surface area contributed by atoms with Gasteiger partial charge in [-0.25, -0.2) is 0 Å². The van der Waals surface area contributed by atoms with Crippen molar-refractivity contribution in [2.45, 2.75) is 24.5 Å². The first-order valence-corrected chi connectivity index (χ1v) is 8.13. The summed E-state index contributed by atoms with van der Waals surface area (Å²) in [7, 11) is 0. The van der Waals surface area contributed by atoms with Crippen LogP contribution in [0.1, 0.15) is 18.4 Å². The summed E-state index contributed by atoms with van der Waals surface area (Å²) in [4.78, 5) is 4.52. The van der Waals surface area contributed by atoms with Crippen molar-refractivity contribution in [3.63, 3.8) is 0 Å². The van der Waals surface area contributed by atoms with Gasteiger partial charge in [-0.3, -0.25) is 4.99 Å². The standard InChI is InChI=1S/C15H23N3OS/c1-12-4-3-5-13(10-12)18-14(16)17-11-15(20-2)6-8-19-9-7-15/h3-5,10H,6-9,11H2,1-2H3,(H3,16,17,18). The molecule has 1 aliphatic heterocycles. The van der Waals surface area contributed by atoms with E-state index < -0.39 is 0 Å². The van der Waals surface area contributed by atoms with Gasteiger partial charge >= 0.3 is 0 Å². The number of rotatable bonds is 4. The number of benzene rings is 1. The van der Waals surface area contributed by atoms with Crippen LogP contribution in [0.3, 0.4) is 0 Å². The second kappa shape index (κ2) is 6.99. The summed E-state index contributed by atoms with van der Waals surface area (Å²) < 4.78 is 5.61. The predicted octanol–water partition coefficient (Wildman–Crippen LogP) is 2.63. The van der Waals surface area contributed by atoms with Crippen LogP contribution < -0.4 is 11.1 Å². The average Bonchev–Trinajstić information content (AvgIpc) is 2.46. The summed E-state index contributed by atoms with van der Waals surface area (Å²) in [5, 5.41) is 3.15. The molecule has 1 aromatic rings. The van der Waals surface area contributed by atoms with Crippen molar-refractivity contribution in [3.05, 3.63) is 29.8 Å². The number of ether oxygens (including phenoxy) is 1. The van der Waals surface area contributed by atoms with E-state index in [9.17, 15) is 0 Å². The lowest BCUT2D eigenvalue weighted by Gasteiger charge is -2.34. The number of hydrogen-bond acceptors (Lipinski definition) is 3. The molecule has 0 spiro atoms. The molecule has 0 bridgehead atoms. The van der Waals surface area contributed by atoms with Crippen LogP contribution in [0, 0.1) is 6.92 Å². The van der Waals surface area contributed by atoms with Crippen LogP contribution in [0.2, 0.25) is 0 Å². The van der Waals surface area contributed by atoms with Gasteiger partial charge < -0.3 is 15.8 Å². The molecule has 1 fully saturated rings. The number of aliphatic imine (C=N–C) groups is 1. The maximum Gasteiger partial charge on any atom is 0.193 e. The van der Waals surface area contributed by atoms with E-state index in [2.05, 4.69) is 35.6 Å². The number of nitrogens with zero attached hydrogens (tertiary/aromatic N) is 1. The highest BCUT2D eigenvalue weighted by Crippen LogP contribution is 2.33. The number of nitrogens with one attached hydrogen (secondary N) is 1. The number of aryl methyl sites for hydroxylation is 1. The van der Waals surface area contributed by atoms with Crippen molar-refractivity contribution in [3.8, 4) is 0 Å². The van der Waals surface area contributed by atoms with Crippen molar-refractivity contribution in [2.75, 3.05) is 31.3 Å². The zero-order valence-corrected chi connectivity index (χ0v) is 13.0. The Hall–Kier alpha value is -1.20. The summed E-state index contributed by atoms with van der Waals surface area (Å²) in [6.45, 7) is 4.44. The molecule has 1 aliphatic rings. The quantitative estimate of drug-likeness (QED) is 0.662. The normalized spacial score (nSPS) is 18.8. The Balaban J connectivity index is 1.96. The topological polar surface area (TPSA) is 59.6 Å². The molecular formula is C15H23N3OS. The molecule has 0 aliphatic carbocycles. The minimum absolute atomic E-state index is 0.178. The Labute approximate surface area is 125 Å². The van der Waals surface area contributed by atoms with Gasteiger partial charge in [-0.15, -0.1) is 0 Å². The molecule has 1 aromatic carbocycles. The minimum Gasteiger partial charge on any atom is -0.381 e. The zero-order valence-electron chi connectivity index (χ0n) is 12.2. The van der Waals surface area contributed by atoms with Crippen LogP contribution in [0.25, 0.3) is 0 Å². The summed E-state index contributed by atoms with van der Waals surface area (Å²) in [6.07, 6.45) is 4.22. The van der Waals surface area contributed by atoms with Crippen molar-refractivity contribution in [2.24, 2.45) is 10.7 Å². The maximum absolute atomic E-state index is 5.98. The molecule has 0 unspecified atom stereocenters. The van der Waals surface area contributed by atoms with E-state index >= 15 is 0 Å². The highest BCUT2D eigenvalue weighted by molar-refractivity contribution is 8.00. The lowest BCUT2D eigenvalue weighted by molar-refractivity contribution is 0.0794. The van der Waals surface area contributed by atoms with Gasteiger partial charge in [0.25, 0.3) is 0 Å². The third-order valence-corrected chi connectivity index (χ3v) is 5.07. The van der Waals surface area contributed by atoms with E-state index in [0.717, 1.165) is 38.3 Å². The van der Waals surface area contributed by atoms with Crippen LogP contribution in [-0.2, 0) is 4.74 Å². The maximum atomic E-state index is 5.98. The van der Waals surface area contributed by atoms with E-state index in [1.54, 1.807) is 0 Å². The Bertz CT molecular complexity index is 470. The molecule has 20 heavy (non-hydrogen) atoms. The van der Waals surface area contributed by atoms with Gasteiger partial charge in [0.05, 0.1) is 6.54 Å². The monoisotopic (exact) mass is 293 g/mol. The summed E-state index contributed by atoms with van der Waals surface area (Å²) in [5.41, 5.74) is 8.17. The second-order valence-electron chi connectivity index (χ2n) is 5.20. The Morgan fingerprint density at radius 2 is 2.20 bits per heavy atom. The minimum atomic E-state index is 0.178. The zero-order chi connectivity index (χ0) is 14.4. The van der Waals surface area contributed by atoms with E-state index in [4.69, 9.17) is 10.5 Å². The average molecular weight is 293 g/mol. The molecule has 4 nitrogen and oxygen atoms in total. The van der Waals surface area contributed by atoms with E-state index in [1.165, 1.54) is 5.56 Å². The van der Waals surface area contributed by atoms with Crippen LogP contribution in [0.15, 0.2) is 29.3 Å². The molecule has 2 rings (SSSR count). The van der Waals surface area contributed by atoms with Gasteiger partial charge in [0.2, 0.25) is 0 Å². The first kappa shape index (κ1) is 15.2. The molecule has 1 heterocycles. The van der Waals surface area contributed by atoms with Crippen molar-refractivity contribution >= 4 is 23.4 Å². The van der Waals surface area contributed by atoms with Gasteiger partial charge in [-0.1, -0.05) is 12.1 Å². The number of nitrogens with two attached hydrogens (primary N) is 1. The van der Waals surface area contributed by atoms with Crippen molar-refractivity contribution < 1.29 is 4.74 Å².